The molecule has 2 N–H and O–H groups in total. The number of hydrogen-bond acceptors (Lipinski definition) is 4. The van der Waals surface area contributed by atoms with Crippen molar-refractivity contribution in [2.24, 2.45) is 0 Å². The van der Waals surface area contributed by atoms with Crippen LogP contribution in [0.2, 0.25) is 0 Å². The SMILES string of the molecule is CNC1CCCN(C(=O)c2cc(-c3csc(C)n3)c[nH]2)C1.Cl.Cl. The molecule has 2 aromatic rings. The van der Waals surface area contributed by atoms with Gasteiger partial charge in [0.05, 0.1) is 10.7 Å². The van der Waals surface area contributed by atoms with Crippen molar-refractivity contribution in [3.05, 3.63) is 28.3 Å². The first kappa shape index (κ1) is 20.0. The van der Waals surface area contributed by atoms with Crippen LogP contribution >= 0.6 is 36.2 Å². The lowest BCUT2D eigenvalue weighted by atomic mass is 10.1. The second kappa shape index (κ2) is 8.68. The first-order valence-electron chi connectivity index (χ1n) is 7.25. The van der Waals surface area contributed by atoms with Gasteiger partial charge in [-0.2, -0.15) is 0 Å². The summed E-state index contributed by atoms with van der Waals surface area (Å²) in [6.07, 6.45) is 4.05. The van der Waals surface area contributed by atoms with E-state index in [9.17, 15) is 4.79 Å². The van der Waals surface area contributed by atoms with Crippen LogP contribution in [0.3, 0.4) is 0 Å². The van der Waals surface area contributed by atoms with Gasteiger partial charge in [0.1, 0.15) is 5.69 Å². The van der Waals surface area contributed by atoms with Crippen LogP contribution in [0.15, 0.2) is 17.6 Å². The van der Waals surface area contributed by atoms with Gasteiger partial charge in [-0.25, -0.2) is 4.98 Å². The number of carbonyl (C=O) groups is 1. The van der Waals surface area contributed by atoms with Crippen LogP contribution in [-0.2, 0) is 0 Å². The Labute approximate surface area is 152 Å². The number of likely N-dealkylation sites (tertiary alicyclic amines) is 1. The number of aromatic amines is 1. The number of aromatic nitrogens is 2. The van der Waals surface area contributed by atoms with Crippen LogP contribution in [0.25, 0.3) is 11.3 Å². The van der Waals surface area contributed by atoms with Gasteiger partial charge in [-0.05, 0) is 32.9 Å². The number of likely N-dealkylation sites (N-methyl/N-ethyl adjacent to an activating group) is 1. The third-order valence-corrected chi connectivity index (χ3v) is 4.72. The van der Waals surface area contributed by atoms with Crippen molar-refractivity contribution in [1.82, 2.24) is 20.2 Å². The minimum Gasteiger partial charge on any atom is -0.357 e. The zero-order chi connectivity index (χ0) is 14.8. The minimum atomic E-state index is 0. The molecule has 0 radical (unpaired) electrons. The fourth-order valence-corrected chi connectivity index (χ4v) is 3.35. The summed E-state index contributed by atoms with van der Waals surface area (Å²) in [6.45, 7) is 3.60. The van der Waals surface area contributed by atoms with E-state index >= 15 is 0 Å². The Morgan fingerprint density at radius 2 is 2.26 bits per heavy atom. The molecular weight excluding hydrogens is 355 g/mol. The Balaban J connectivity index is 0.00000132. The van der Waals surface area contributed by atoms with E-state index in [-0.39, 0.29) is 30.7 Å². The van der Waals surface area contributed by atoms with Crippen LogP contribution < -0.4 is 5.32 Å². The largest absolute Gasteiger partial charge is 0.357 e. The Morgan fingerprint density at radius 1 is 1.48 bits per heavy atom. The fourth-order valence-electron chi connectivity index (χ4n) is 2.73. The molecule has 1 amide bonds. The maximum atomic E-state index is 12.6. The number of amides is 1. The lowest BCUT2D eigenvalue weighted by Crippen LogP contribution is -2.47. The lowest BCUT2D eigenvalue weighted by Gasteiger charge is -2.32. The molecule has 128 valence electrons. The molecule has 23 heavy (non-hydrogen) atoms. The van der Waals surface area contributed by atoms with Crippen molar-refractivity contribution < 1.29 is 4.79 Å². The van der Waals surface area contributed by atoms with E-state index in [1.807, 2.05) is 36.5 Å². The number of nitrogens with zero attached hydrogens (tertiary/aromatic N) is 2. The monoisotopic (exact) mass is 376 g/mol. The van der Waals surface area contributed by atoms with Gasteiger partial charge in [-0.1, -0.05) is 0 Å². The van der Waals surface area contributed by atoms with Crippen molar-refractivity contribution >= 4 is 42.1 Å². The number of nitrogens with one attached hydrogen (secondary N) is 2. The average Bonchev–Trinajstić information content (AvgIpc) is 3.15. The van der Waals surface area contributed by atoms with E-state index in [2.05, 4.69) is 15.3 Å². The number of aryl methyl sites for hydroxylation is 1. The predicted octanol–water partition coefficient (Wildman–Crippen LogP) is 3.11. The summed E-state index contributed by atoms with van der Waals surface area (Å²) in [4.78, 5) is 22.0. The highest BCUT2D eigenvalue weighted by Crippen LogP contribution is 2.23. The van der Waals surface area contributed by atoms with Crippen LogP contribution in [0, 0.1) is 6.92 Å². The van der Waals surface area contributed by atoms with E-state index in [1.54, 1.807) is 11.3 Å². The van der Waals surface area contributed by atoms with Gasteiger partial charge >= 0.3 is 0 Å². The highest BCUT2D eigenvalue weighted by molar-refractivity contribution is 7.09. The van der Waals surface area contributed by atoms with Gasteiger partial charge in [0.15, 0.2) is 0 Å². The summed E-state index contributed by atoms with van der Waals surface area (Å²) in [7, 11) is 1.95. The molecule has 3 heterocycles. The molecule has 0 spiro atoms. The number of carbonyl (C=O) groups excluding carboxylic acids is 1. The summed E-state index contributed by atoms with van der Waals surface area (Å²) in [5, 5.41) is 6.31. The summed E-state index contributed by atoms with van der Waals surface area (Å²) >= 11 is 1.62. The molecule has 1 aliphatic rings. The first-order valence-corrected chi connectivity index (χ1v) is 8.13. The third-order valence-electron chi connectivity index (χ3n) is 3.95. The zero-order valence-corrected chi connectivity index (χ0v) is 15.6. The molecule has 0 aromatic carbocycles. The number of rotatable bonds is 3. The second-order valence-electron chi connectivity index (χ2n) is 5.43. The highest BCUT2D eigenvalue weighted by Gasteiger charge is 2.24. The predicted molar refractivity (Wildman–Crippen MR) is 99.1 cm³/mol. The molecule has 1 fully saturated rings. The minimum absolute atomic E-state index is 0. The second-order valence-corrected chi connectivity index (χ2v) is 6.50. The first-order chi connectivity index (χ1) is 10.2. The van der Waals surface area contributed by atoms with Crippen LogP contribution in [-0.4, -0.2) is 47.0 Å². The molecule has 3 rings (SSSR count). The molecule has 1 saturated heterocycles. The summed E-state index contributed by atoms with van der Waals surface area (Å²) in [6, 6.07) is 2.30. The van der Waals surface area contributed by atoms with E-state index in [1.165, 1.54) is 0 Å². The molecule has 5 nitrogen and oxygen atoms in total. The molecule has 0 aliphatic carbocycles. The Kier molecular flexibility index (Phi) is 7.54. The third kappa shape index (κ3) is 4.47. The molecule has 1 aliphatic heterocycles. The van der Waals surface area contributed by atoms with Gasteiger partial charge in [-0.15, -0.1) is 36.2 Å². The molecule has 1 unspecified atom stereocenters. The van der Waals surface area contributed by atoms with Crippen molar-refractivity contribution in [2.75, 3.05) is 20.1 Å². The van der Waals surface area contributed by atoms with Crippen molar-refractivity contribution in [3.8, 4) is 11.3 Å². The van der Waals surface area contributed by atoms with Crippen LogP contribution in [0.1, 0.15) is 28.3 Å². The van der Waals surface area contributed by atoms with Crippen LogP contribution in [0.5, 0.6) is 0 Å². The van der Waals surface area contributed by atoms with Crippen molar-refractivity contribution in [1.29, 1.82) is 0 Å². The quantitative estimate of drug-likeness (QED) is 0.864. The van der Waals surface area contributed by atoms with Gasteiger partial charge < -0.3 is 15.2 Å². The summed E-state index contributed by atoms with van der Waals surface area (Å²) < 4.78 is 0. The van der Waals surface area contributed by atoms with Gasteiger partial charge in [0.2, 0.25) is 0 Å². The molecule has 2 aromatic heterocycles. The molecule has 8 heteroatoms. The average molecular weight is 377 g/mol. The topological polar surface area (TPSA) is 61.0 Å². The van der Waals surface area contributed by atoms with Crippen molar-refractivity contribution in [2.45, 2.75) is 25.8 Å². The molecule has 0 saturated carbocycles. The van der Waals surface area contributed by atoms with Crippen molar-refractivity contribution in [3.63, 3.8) is 0 Å². The van der Waals surface area contributed by atoms with Gasteiger partial charge in [0, 0.05) is 36.3 Å². The summed E-state index contributed by atoms with van der Waals surface area (Å²) in [5.41, 5.74) is 2.55. The number of hydrogen-bond donors (Lipinski definition) is 2. The Morgan fingerprint density at radius 3 is 2.91 bits per heavy atom. The Bertz CT molecular complexity index is 643. The fraction of sp³-hybridized carbons (Fsp3) is 0.467. The molecule has 0 bridgehead atoms. The number of piperidine rings is 1. The molecule has 1 atom stereocenters. The Hall–Kier alpha value is -1.08. The maximum absolute atomic E-state index is 12.6. The van der Waals surface area contributed by atoms with Gasteiger partial charge in [0.25, 0.3) is 5.91 Å². The summed E-state index contributed by atoms with van der Waals surface area (Å²) in [5.74, 6) is 0.0770. The van der Waals surface area contributed by atoms with Crippen LogP contribution in [0.4, 0.5) is 0 Å². The lowest BCUT2D eigenvalue weighted by molar-refractivity contribution is 0.0693. The van der Waals surface area contributed by atoms with E-state index in [4.69, 9.17) is 0 Å². The number of H-pyrrole nitrogens is 1. The molecular formula is C15H22Cl2N4OS. The van der Waals surface area contributed by atoms with E-state index in [0.717, 1.165) is 42.2 Å². The van der Waals surface area contributed by atoms with E-state index < -0.39 is 0 Å². The van der Waals surface area contributed by atoms with E-state index in [0.29, 0.717) is 11.7 Å². The smallest absolute Gasteiger partial charge is 0.270 e. The normalized spacial score (nSPS) is 17.3. The number of thiazole rings is 1. The number of halogens is 2. The standard InChI is InChI=1S/C15H20N4OS.2ClH/c1-10-18-14(9-21-10)11-6-13(17-7-11)15(20)19-5-3-4-12(8-19)16-2;;/h6-7,9,12,16-17H,3-5,8H2,1-2H3;2*1H. The van der Waals surface area contributed by atoms with Gasteiger partial charge in [-0.3, -0.25) is 4.79 Å². The zero-order valence-electron chi connectivity index (χ0n) is 13.2. The maximum Gasteiger partial charge on any atom is 0.270 e. The highest BCUT2D eigenvalue weighted by atomic mass is 35.5.